The van der Waals surface area contributed by atoms with Gasteiger partial charge in [-0.05, 0) is 68.8 Å². The number of aliphatic hydroxyl groups is 1. The van der Waals surface area contributed by atoms with Crippen LogP contribution in [0.4, 0.5) is 0 Å². The molecule has 5 heteroatoms. The number of carbonyl (C=O) groups is 2. The lowest BCUT2D eigenvalue weighted by atomic mass is 9.46. The lowest BCUT2D eigenvalue weighted by Gasteiger charge is -2.57. The van der Waals surface area contributed by atoms with Gasteiger partial charge in [0.1, 0.15) is 0 Å². The first-order valence-corrected chi connectivity index (χ1v) is 9.19. The number of ether oxygens (including phenoxy) is 1. The van der Waals surface area contributed by atoms with Crippen LogP contribution in [-0.4, -0.2) is 28.4 Å². The fraction of sp³-hybridized carbons (Fsp3) is 0.700. The summed E-state index contributed by atoms with van der Waals surface area (Å²) in [4.78, 5) is 23.7. The molecule has 0 aromatic rings. The van der Waals surface area contributed by atoms with Crippen LogP contribution in [0.3, 0.4) is 0 Å². The van der Waals surface area contributed by atoms with Crippen LogP contribution < -0.4 is 0 Å². The van der Waals surface area contributed by atoms with E-state index in [0.717, 1.165) is 38.5 Å². The van der Waals surface area contributed by atoms with E-state index in [1.807, 2.05) is 6.92 Å². The largest absolute Gasteiger partial charge is 0.481 e. The van der Waals surface area contributed by atoms with Crippen LogP contribution in [-0.2, 0) is 14.3 Å². The van der Waals surface area contributed by atoms with E-state index in [0.29, 0.717) is 12.0 Å². The van der Waals surface area contributed by atoms with Crippen molar-refractivity contribution >= 4 is 11.9 Å². The summed E-state index contributed by atoms with van der Waals surface area (Å²) in [6.45, 7) is 8.38. The van der Waals surface area contributed by atoms with Crippen molar-refractivity contribution in [3.05, 3.63) is 23.8 Å². The topological polar surface area (TPSA) is 83.8 Å². The molecule has 0 aromatic carbocycles. The first-order chi connectivity index (χ1) is 11.7. The quantitative estimate of drug-likeness (QED) is 0.601. The second-order valence-corrected chi connectivity index (χ2v) is 8.41. The highest BCUT2D eigenvalue weighted by Gasteiger charge is 2.57. The van der Waals surface area contributed by atoms with Crippen molar-refractivity contribution in [2.45, 2.75) is 65.1 Å². The number of aliphatic carboxylic acids is 1. The van der Waals surface area contributed by atoms with Gasteiger partial charge in [0.15, 0.2) is 0 Å². The molecule has 0 saturated heterocycles. The molecule has 2 saturated carbocycles. The van der Waals surface area contributed by atoms with E-state index < -0.39 is 23.6 Å². The summed E-state index contributed by atoms with van der Waals surface area (Å²) in [5, 5.41) is 19.3. The highest BCUT2D eigenvalue weighted by atomic mass is 16.6. The molecule has 0 amide bonds. The molecule has 2 aliphatic carbocycles. The Balaban J connectivity index is 1.83. The van der Waals surface area contributed by atoms with Crippen LogP contribution in [0.15, 0.2) is 23.8 Å². The van der Waals surface area contributed by atoms with Crippen LogP contribution in [0.5, 0.6) is 0 Å². The fourth-order valence-corrected chi connectivity index (χ4v) is 5.68. The van der Waals surface area contributed by atoms with E-state index in [1.165, 1.54) is 11.6 Å². The van der Waals surface area contributed by atoms with Gasteiger partial charge in [-0.1, -0.05) is 25.5 Å². The lowest BCUT2D eigenvalue weighted by Crippen LogP contribution is -2.53. The minimum atomic E-state index is -1.13. The predicted molar refractivity (Wildman–Crippen MR) is 92.5 cm³/mol. The van der Waals surface area contributed by atoms with Gasteiger partial charge in [0.2, 0.25) is 6.29 Å². The molecule has 1 aliphatic heterocycles. The third-order valence-corrected chi connectivity index (χ3v) is 7.04. The molecule has 1 unspecified atom stereocenters. The molecule has 0 radical (unpaired) electrons. The number of esters is 1. The first kappa shape index (κ1) is 18.2. The lowest BCUT2D eigenvalue weighted by molar-refractivity contribution is -0.164. The maximum Gasteiger partial charge on any atom is 0.336 e. The first-order valence-electron chi connectivity index (χ1n) is 9.19. The van der Waals surface area contributed by atoms with Crippen molar-refractivity contribution in [1.29, 1.82) is 0 Å². The molecule has 2 fully saturated rings. The SMILES string of the molecule is C=C1CC[C@@H]2[C@](C)(CCC[C@]2(C)C(=O)O)[C@H]1CCC1=CC(O)OC1=O. The van der Waals surface area contributed by atoms with Crippen LogP contribution in [0, 0.1) is 22.7 Å². The van der Waals surface area contributed by atoms with E-state index in [-0.39, 0.29) is 17.3 Å². The van der Waals surface area contributed by atoms with Crippen LogP contribution in [0.25, 0.3) is 0 Å². The minimum absolute atomic E-state index is 0.109. The Bertz CT molecular complexity index is 636. The summed E-state index contributed by atoms with van der Waals surface area (Å²) >= 11 is 0. The van der Waals surface area contributed by atoms with Gasteiger partial charge in [-0.2, -0.15) is 0 Å². The average Bonchev–Trinajstić information content (AvgIpc) is 2.84. The molecular weight excluding hydrogens is 320 g/mol. The number of carboxylic acids is 1. The Labute approximate surface area is 148 Å². The van der Waals surface area contributed by atoms with Crippen LogP contribution in [0.1, 0.15) is 58.8 Å². The maximum absolute atomic E-state index is 12.0. The molecule has 5 atom stereocenters. The average molecular weight is 348 g/mol. The van der Waals surface area contributed by atoms with Crippen LogP contribution >= 0.6 is 0 Å². The summed E-state index contributed by atoms with van der Waals surface area (Å²) in [6.07, 6.45) is 5.96. The zero-order valence-electron chi connectivity index (χ0n) is 15.1. The molecule has 0 aromatic heterocycles. The Hall–Kier alpha value is -1.62. The van der Waals surface area contributed by atoms with Crippen molar-refractivity contribution in [3.63, 3.8) is 0 Å². The van der Waals surface area contributed by atoms with Crippen molar-refractivity contribution in [3.8, 4) is 0 Å². The summed E-state index contributed by atoms with van der Waals surface area (Å²) in [6, 6.07) is 0. The third kappa shape index (κ3) is 2.92. The van der Waals surface area contributed by atoms with Gasteiger partial charge in [0, 0.05) is 5.57 Å². The van der Waals surface area contributed by atoms with E-state index in [2.05, 4.69) is 13.5 Å². The molecule has 0 bridgehead atoms. The van der Waals surface area contributed by atoms with E-state index in [1.54, 1.807) is 0 Å². The number of carboxylic acid groups (broad SMARTS) is 1. The number of fused-ring (bicyclic) bond motifs is 1. The van der Waals surface area contributed by atoms with Gasteiger partial charge in [0.25, 0.3) is 0 Å². The second-order valence-electron chi connectivity index (χ2n) is 8.41. The third-order valence-electron chi connectivity index (χ3n) is 7.04. The maximum atomic E-state index is 12.0. The van der Waals surface area contributed by atoms with Crippen molar-refractivity contribution < 1.29 is 24.5 Å². The zero-order chi connectivity index (χ0) is 18.4. The number of carbonyl (C=O) groups excluding carboxylic acids is 1. The summed E-state index contributed by atoms with van der Waals surface area (Å²) in [5.41, 5.74) is 0.888. The molecule has 2 N–H and O–H groups in total. The molecule has 25 heavy (non-hydrogen) atoms. The van der Waals surface area contributed by atoms with Crippen molar-refractivity contribution in [2.24, 2.45) is 22.7 Å². The summed E-state index contributed by atoms with van der Waals surface area (Å²) in [7, 11) is 0. The highest BCUT2D eigenvalue weighted by molar-refractivity contribution is 5.90. The minimum Gasteiger partial charge on any atom is -0.481 e. The Morgan fingerprint density at radius 3 is 2.72 bits per heavy atom. The molecule has 0 spiro atoms. The summed E-state index contributed by atoms with van der Waals surface area (Å²) < 4.78 is 4.76. The molecule has 1 heterocycles. The van der Waals surface area contributed by atoms with E-state index in [4.69, 9.17) is 4.74 Å². The van der Waals surface area contributed by atoms with Crippen molar-refractivity contribution in [2.75, 3.05) is 0 Å². The molecule has 138 valence electrons. The molecule has 3 rings (SSSR count). The number of hydrogen-bond acceptors (Lipinski definition) is 4. The Morgan fingerprint density at radius 2 is 2.12 bits per heavy atom. The van der Waals surface area contributed by atoms with E-state index >= 15 is 0 Å². The van der Waals surface area contributed by atoms with Gasteiger partial charge >= 0.3 is 11.9 Å². The molecule has 5 nitrogen and oxygen atoms in total. The number of rotatable bonds is 4. The van der Waals surface area contributed by atoms with Crippen molar-refractivity contribution in [1.82, 2.24) is 0 Å². The van der Waals surface area contributed by atoms with E-state index in [9.17, 15) is 19.8 Å². The highest BCUT2D eigenvalue weighted by Crippen LogP contribution is 2.62. The van der Waals surface area contributed by atoms with Gasteiger partial charge in [0.05, 0.1) is 5.41 Å². The smallest absolute Gasteiger partial charge is 0.336 e. The number of cyclic esters (lactones) is 1. The predicted octanol–water partition coefficient (Wildman–Crippen LogP) is 3.43. The standard InChI is InChI=1S/C20H28O5/c1-12-5-8-15-19(2,9-4-10-20(15,3)18(23)24)14(12)7-6-13-11-16(21)25-17(13)22/h11,14-16,21H,1,4-10H2,2-3H3,(H,23,24)/t14-,15+,16?,19+,20-/m0/s1. The Kier molecular flexibility index (Phi) is 4.56. The monoisotopic (exact) mass is 348 g/mol. The normalized spacial score (nSPS) is 41.1. The fourth-order valence-electron chi connectivity index (χ4n) is 5.68. The molecule has 3 aliphatic rings. The number of allylic oxidation sites excluding steroid dienone is 1. The van der Waals surface area contributed by atoms with Crippen LogP contribution in [0.2, 0.25) is 0 Å². The number of hydrogen-bond donors (Lipinski definition) is 2. The van der Waals surface area contributed by atoms with Gasteiger partial charge in [-0.15, -0.1) is 0 Å². The van der Waals surface area contributed by atoms with Gasteiger partial charge in [-0.25, -0.2) is 4.79 Å². The van der Waals surface area contributed by atoms with Gasteiger partial charge in [-0.3, -0.25) is 4.79 Å². The second kappa shape index (κ2) is 6.27. The molecular formula is C20H28O5. The number of aliphatic hydroxyl groups excluding tert-OH is 1. The zero-order valence-corrected chi connectivity index (χ0v) is 15.1. The summed E-state index contributed by atoms with van der Waals surface area (Å²) in [5.74, 6) is -0.831. The Morgan fingerprint density at radius 1 is 1.40 bits per heavy atom. The van der Waals surface area contributed by atoms with Gasteiger partial charge < -0.3 is 14.9 Å².